The zero-order valence-corrected chi connectivity index (χ0v) is 53.6. The first-order valence-electron chi connectivity index (χ1n) is 33.3. The molecule has 0 radical (unpaired) electrons. The summed E-state index contributed by atoms with van der Waals surface area (Å²) in [6.07, 6.45) is 10.5. The second-order valence-corrected chi connectivity index (χ2v) is 26.6. The van der Waals surface area contributed by atoms with Gasteiger partial charge in [-0.3, -0.25) is 19.4 Å². The molecule has 12 N–H and O–H groups in total. The summed E-state index contributed by atoms with van der Waals surface area (Å²) >= 11 is 0. The number of nitrogens with one attached hydrogen (secondary N) is 3. The van der Waals surface area contributed by atoms with E-state index in [1.807, 2.05) is 24.3 Å². The number of piperazine rings is 2. The molecule has 514 valence electrons. The maximum atomic E-state index is 13.2. The Hall–Kier alpha value is -7.42. The molecule has 93 heavy (non-hydrogen) atoms. The molecule has 0 aliphatic carbocycles. The minimum absolute atomic E-state index is 0.0461. The summed E-state index contributed by atoms with van der Waals surface area (Å²) in [5.74, 6) is -7.82. The van der Waals surface area contributed by atoms with E-state index < -0.39 is 78.3 Å². The van der Waals surface area contributed by atoms with Gasteiger partial charge in [0, 0.05) is 84.6 Å². The highest BCUT2D eigenvalue weighted by Gasteiger charge is 3.01. The number of carboxylic acids is 7. The highest BCUT2D eigenvalue weighted by atomic mass is 16.4. The molecule has 4 unspecified atom stereocenters. The summed E-state index contributed by atoms with van der Waals surface area (Å²) < 4.78 is -0.230. The molecule has 3 amide bonds. The molecule has 6 aliphatic rings. The van der Waals surface area contributed by atoms with Gasteiger partial charge in [-0.1, -0.05) is 62.8 Å². The van der Waals surface area contributed by atoms with Crippen LogP contribution < -0.4 is 31.5 Å². The molecule has 8 rings (SSSR count). The third-order valence-electron chi connectivity index (χ3n) is 20.6. The number of aliphatic carboxylic acids is 7. The van der Waals surface area contributed by atoms with Crippen LogP contribution in [0.4, 0.5) is 16.7 Å². The van der Waals surface area contributed by atoms with Crippen LogP contribution in [0.1, 0.15) is 113 Å². The number of benzene rings is 1. The predicted octanol–water partition coefficient (Wildman–Crippen LogP) is 0.105. The lowest BCUT2D eigenvalue weighted by Gasteiger charge is -2.50. The van der Waals surface area contributed by atoms with Crippen LogP contribution >= 0.6 is 0 Å². The van der Waals surface area contributed by atoms with Crippen molar-refractivity contribution in [2.75, 3.05) is 160 Å². The third-order valence-corrected chi connectivity index (χ3v) is 20.6. The van der Waals surface area contributed by atoms with Crippen molar-refractivity contribution in [3.05, 3.63) is 41.2 Å². The van der Waals surface area contributed by atoms with Crippen LogP contribution in [0.3, 0.4) is 0 Å². The Labute approximate surface area is 541 Å². The number of urea groups is 1. The van der Waals surface area contributed by atoms with Crippen LogP contribution in [0.5, 0.6) is 0 Å². The Kier molecular flexibility index (Phi) is 24.7. The van der Waals surface area contributed by atoms with Gasteiger partial charge in [0.25, 0.3) is 0 Å². The van der Waals surface area contributed by atoms with Crippen LogP contribution in [-0.4, -0.2) is 307 Å². The highest BCUT2D eigenvalue weighted by Crippen LogP contribution is 2.64. The summed E-state index contributed by atoms with van der Waals surface area (Å²) in [5.41, 5.74) is 7.70. The Morgan fingerprint density at radius 2 is 0.989 bits per heavy atom. The Morgan fingerprint density at radius 1 is 0.516 bits per heavy atom. The fraction of sp³-hybridized carbons (Fsp3) is 0.710. The molecule has 7 heterocycles. The normalized spacial score (nSPS) is 25.6. The fourth-order valence-electron chi connectivity index (χ4n) is 16.7. The second-order valence-electron chi connectivity index (χ2n) is 26.6. The average molecular weight is 1310 g/mol. The van der Waals surface area contributed by atoms with Gasteiger partial charge < -0.3 is 67.2 Å². The van der Waals surface area contributed by atoms with Crippen molar-refractivity contribution in [3.8, 4) is 0 Å². The Balaban J connectivity index is 0.793. The van der Waals surface area contributed by atoms with Crippen LogP contribution in [0.2, 0.25) is 0 Å². The van der Waals surface area contributed by atoms with Crippen molar-refractivity contribution in [2.24, 2.45) is 5.73 Å². The number of carbonyl (C=O) groups is 9. The molecule has 0 saturated carbocycles. The van der Waals surface area contributed by atoms with E-state index in [4.69, 9.17) is 25.8 Å². The molecular formula is C62H99N15O16+4. The lowest BCUT2D eigenvalue weighted by Crippen LogP contribution is -2.86. The first-order valence-corrected chi connectivity index (χ1v) is 33.3. The summed E-state index contributed by atoms with van der Waals surface area (Å²) in [7, 11) is 0. The number of hydrogen-bond donors (Lipinski definition) is 11. The lowest BCUT2D eigenvalue weighted by molar-refractivity contribution is -1.36. The second kappa shape index (κ2) is 32.1. The SMILES string of the molecule is NCCCN1CCN(c2nc(Cc3ccc(CC4C[N@@+]5(CC(=O)O)CC[N+]6(CC(=O)O)CC[N+]7(CC(=O)O)CC[N+]4(CC(=O)O)[C@@]765)cc3)nc(N3CCN(CCCCCCCCCCC(=O)NCCCC[C@H](NC(=O)N[C@@H](CCC(=O)O)C(=O)O)C(=O)O)CC3)n2)CC1. The predicted molar refractivity (Wildman–Crippen MR) is 335 cm³/mol. The minimum atomic E-state index is -1.49. The summed E-state index contributed by atoms with van der Waals surface area (Å²) in [5, 5.41) is 77.0. The number of aromatic nitrogens is 3. The van der Waals surface area contributed by atoms with Crippen molar-refractivity contribution in [1.82, 2.24) is 40.7 Å². The van der Waals surface area contributed by atoms with Crippen molar-refractivity contribution in [3.63, 3.8) is 0 Å². The Bertz CT molecular complexity index is 2940. The minimum Gasteiger partial charge on any atom is -0.481 e. The van der Waals surface area contributed by atoms with Gasteiger partial charge in [-0.25, -0.2) is 33.6 Å². The van der Waals surface area contributed by atoms with Crippen molar-refractivity contribution >= 4 is 65.6 Å². The number of nitrogens with two attached hydrogens (primary N) is 1. The van der Waals surface area contributed by atoms with E-state index in [1.54, 1.807) is 0 Å². The van der Waals surface area contributed by atoms with E-state index in [0.717, 1.165) is 134 Å². The van der Waals surface area contributed by atoms with E-state index in [-0.39, 0.29) is 75.9 Å². The van der Waals surface area contributed by atoms with Crippen molar-refractivity contribution < 1.29 is 96.8 Å². The molecule has 6 saturated heterocycles. The Morgan fingerprint density at radius 3 is 1.51 bits per heavy atom. The average Bonchev–Trinajstić information content (AvgIpc) is 1.44. The third kappa shape index (κ3) is 16.9. The van der Waals surface area contributed by atoms with Gasteiger partial charge in [0.1, 0.15) is 63.7 Å². The smallest absolute Gasteiger partial charge is 0.481 e. The summed E-state index contributed by atoms with van der Waals surface area (Å²) in [6, 6.07) is 3.84. The zero-order chi connectivity index (χ0) is 67.0. The monoisotopic (exact) mass is 1310 g/mol. The quantitative estimate of drug-likeness (QED) is 0.0311. The molecular weight excluding hydrogens is 1210 g/mol. The molecule has 8 atom stereocenters. The molecule has 2 aromatic rings. The topological polar surface area (TPSA) is 409 Å². The number of anilines is 2. The van der Waals surface area contributed by atoms with Gasteiger partial charge >= 0.3 is 53.7 Å². The first-order chi connectivity index (χ1) is 44.5. The number of hydrogen-bond acceptors (Lipinski definition) is 17. The van der Waals surface area contributed by atoms with Gasteiger partial charge in [-0.2, -0.15) is 15.0 Å². The maximum Gasteiger partial charge on any atom is 0.483 e. The number of carbonyl (C=O) groups excluding carboxylic acids is 2. The van der Waals surface area contributed by atoms with E-state index in [9.17, 15) is 73.8 Å². The van der Waals surface area contributed by atoms with Gasteiger partial charge in [0.2, 0.25) is 17.8 Å². The number of unbranched alkanes of at least 4 members (excludes halogenated alkanes) is 8. The highest BCUT2D eigenvalue weighted by molar-refractivity contribution is 5.86. The summed E-state index contributed by atoms with van der Waals surface area (Å²) in [4.78, 5) is 135. The van der Waals surface area contributed by atoms with Crippen molar-refractivity contribution in [2.45, 2.75) is 133 Å². The molecule has 1 aromatic heterocycles. The lowest BCUT2D eigenvalue weighted by atomic mass is 10.0. The number of quaternary nitrogens is 4. The number of nitrogens with zero attached hydrogens (tertiary/aromatic N) is 11. The largest absolute Gasteiger partial charge is 0.483 e. The molecule has 1 spiro atoms. The molecule has 6 aliphatic heterocycles. The van der Waals surface area contributed by atoms with Gasteiger partial charge in [-0.05, 0) is 75.7 Å². The van der Waals surface area contributed by atoms with Gasteiger partial charge in [0.15, 0.2) is 32.2 Å². The molecule has 31 heteroatoms. The van der Waals surface area contributed by atoms with Crippen LogP contribution in [0.25, 0.3) is 0 Å². The van der Waals surface area contributed by atoms with Crippen LogP contribution in [-0.2, 0) is 51.2 Å². The summed E-state index contributed by atoms with van der Waals surface area (Å²) in [6.45, 7) is 10.1. The van der Waals surface area contributed by atoms with E-state index >= 15 is 0 Å². The zero-order valence-electron chi connectivity index (χ0n) is 53.6. The standard InChI is InChI=1S/C62H95N15O16/c63-20-11-23-71-26-30-73(31-27-71)60-68-50(39-46-16-14-45(15-17-46)38-47-40-76(43-55(85)86)35-34-74(41-53(81)82)32-33-75(42-54(83)84)36-37-77(47,44-56(87)88)62(74,75)76)67-59(69-60)72-28-24-70(25-29-72)22-10-6-4-2-1-3-5-7-13-51(78)64-21-9-8-12-48(57(89)90)65-61(93)66-49(58(91)92)18-19-52(79)80/h14-17,47-49H,1-13,18-44,63H2,(H6-4,64,65,66,78,79,80,81,82,83,84,85,86,87,88,89,90,91,92,93)/p+4/t47?,48-,49-,62+,74?,75?,76+,77?/m0/s1. The number of amides is 3. The first kappa shape index (κ1) is 71.4. The maximum absolute atomic E-state index is 13.2. The van der Waals surface area contributed by atoms with E-state index in [0.29, 0.717) is 95.6 Å². The van der Waals surface area contributed by atoms with Gasteiger partial charge in [0.05, 0.1) is 0 Å². The molecule has 1 aromatic carbocycles. The van der Waals surface area contributed by atoms with Crippen molar-refractivity contribution in [1.29, 1.82) is 0 Å². The molecule has 6 fully saturated rings. The molecule has 0 bridgehead atoms. The fourth-order valence-corrected chi connectivity index (χ4v) is 16.7. The number of carboxylic acid groups (broad SMARTS) is 7. The van der Waals surface area contributed by atoms with Gasteiger partial charge in [-0.15, -0.1) is 17.9 Å². The van der Waals surface area contributed by atoms with Crippen LogP contribution in [0.15, 0.2) is 24.3 Å². The van der Waals surface area contributed by atoms with E-state index in [2.05, 4.69) is 35.6 Å². The van der Waals surface area contributed by atoms with Crippen LogP contribution in [0, 0.1) is 0 Å². The van der Waals surface area contributed by atoms with E-state index in [1.165, 1.54) is 0 Å². The number of rotatable bonds is 40. The molecule has 31 nitrogen and oxygen atoms in total.